The second kappa shape index (κ2) is 9.85. The number of hydrogen-bond donors (Lipinski definition) is 2. The lowest BCUT2D eigenvalue weighted by Crippen LogP contribution is -2.41. The van der Waals surface area contributed by atoms with Gasteiger partial charge in [0.05, 0.1) is 17.7 Å². The number of carbonyl (C=O) groups is 2. The fourth-order valence-electron chi connectivity index (χ4n) is 2.67. The number of rotatable bonds is 6. The first-order valence-electron chi connectivity index (χ1n) is 9.14. The van der Waals surface area contributed by atoms with Crippen LogP contribution in [-0.2, 0) is 9.59 Å². The molecule has 1 heterocycles. The van der Waals surface area contributed by atoms with Gasteiger partial charge in [0, 0.05) is 24.2 Å². The summed E-state index contributed by atoms with van der Waals surface area (Å²) in [6, 6.07) is 12.8. The highest BCUT2D eigenvalue weighted by Crippen LogP contribution is 2.24. The van der Waals surface area contributed by atoms with Gasteiger partial charge in [-0.05, 0) is 42.8 Å². The smallest absolute Gasteiger partial charge is 0.271 e. The first-order valence-corrected chi connectivity index (χ1v) is 10.0. The van der Waals surface area contributed by atoms with E-state index in [-0.39, 0.29) is 28.9 Å². The van der Waals surface area contributed by atoms with Gasteiger partial charge in [0.25, 0.3) is 5.69 Å². The molecule has 3 rings (SSSR count). The van der Waals surface area contributed by atoms with Crippen LogP contribution in [-0.4, -0.2) is 40.0 Å². The molecule has 2 aromatic carbocycles. The lowest BCUT2D eigenvalue weighted by Gasteiger charge is -2.21. The van der Waals surface area contributed by atoms with Crippen molar-refractivity contribution in [1.82, 2.24) is 5.32 Å². The number of nitro groups is 1. The number of nitrogens with one attached hydrogen (secondary N) is 2. The summed E-state index contributed by atoms with van der Waals surface area (Å²) in [6.45, 7) is 1.77. The van der Waals surface area contributed by atoms with E-state index in [0.717, 1.165) is 23.1 Å². The first kappa shape index (κ1) is 22.0. The molecule has 10 nitrogen and oxygen atoms in total. The molecule has 160 valence electrons. The van der Waals surface area contributed by atoms with Gasteiger partial charge in [-0.1, -0.05) is 17.8 Å². The molecule has 0 spiro atoms. The van der Waals surface area contributed by atoms with Gasteiger partial charge in [-0.25, -0.2) is 0 Å². The number of anilines is 1. The molecule has 1 aliphatic rings. The number of carbonyl (C=O) groups excluding carboxylic acids is 2. The summed E-state index contributed by atoms with van der Waals surface area (Å²) in [5.74, 6) is -0.103. The van der Waals surface area contributed by atoms with Gasteiger partial charge in [0.15, 0.2) is 5.17 Å². The minimum atomic E-state index is -0.747. The van der Waals surface area contributed by atoms with Crippen LogP contribution in [0.4, 0.5) is 11.4 Å². The van der Waals surface area contributed by atoms with Crippen molar-refractivity contribution in [2.45, 2.75) is 18.6 Å². The van der Waals surface area contributed by atoms with E-state index in [0.29, 0.717) is 5.71 Å². The molecule has 2 N–H and O–H groups in total. The molecule has 0 radical (unpaired) electrons. The van der Waals surface area contributed by atoms with Gasteiger partial charge in [0.1, 0.15) is 11.0 Å². The average Bonchev–Trinajstić information content (AvgIpc) is 2.77. The summed E-state index contributed by atoms with van der Waals surface area (Å²) < 4.78 is 5.12. The van der Waals surface area contributed by atoms with Crippen LogP contribution in [0.15, 0.2) is 58.7 Å². The Labute approximate surface area is 181 Å². The number of nitro benzene ring substituents is 1. The van der Waals surface area contributed by atoms with Gasteiger partial charge in [-0.3, -0.25) is 19.7 Å². The van der Waals surface area contributed by atoms with Crippen LogP contribution in [0.1, 0.15) is 18.9 Å². The number of amidine groups is 1. The van der Waals surface area contributed by atoms with E-state index in [4.69, 9.17) is 4.74 Å². The normalized spacial score (nSPS) is 17.7. The van der Waals surface area contributed by atoms with Gasteiger partial charge in [-0.15, -0.1) is 5.10 Å². The number of nitrogens with zero attached hydrogens (tertiary/aromatic N) is 3. The van der Waals surface area contributed by atoms with E-state index < -0.39 is 16.1 Å². The maximum Gasteiger partial charge on any atom is 0.271 e. The fourth-order valence-corrected chi connectivity index (χ4v) is 3.60. The Balaban J connectivity index is 1.70. The van der Waals surface area contributed by atoms with E-state index in [1.165, 1.54) is 24.3 Å². The largest absolute Gasteiger partial charge is 0.497 e. The highest BCUT2D eigenvalue weighted by Gasteiger charge is 2.30. The van der Waals surface area contributed by atoms with Gasteiger partial charge in [0.2, 0.25) is 11.8 Å². The Morgan fingerprint density at radius 1 is 1.29 bits per heavy atom. The monoisotopic (exact) mass is 441 g/mol. The number of ether oxygens (including phenoxy) is 1. The predicted molar refractivity (Wildman–Crippen MR) is 119 cm³/mol. The van der Waals surface area contributed by atoms with Crippen molar-refractivity contribution < 1.29 is 19.2 Å². The molecule has 2 amide bonds. The first-order chi connectivity index (χ1) is 14.9. The molecule has 1 atom stereocenters. The van der Waals surface area contributed by atoms with Gasteiger partial charge >= 0.3 is 0 Å². The highest BCUT2D eigenvalue weighted by atomic mass is 32.2. The Bertz CT molecular complexity index is 1070. The lowest BCUT2D eigenvalue weighted by atomic mass is 10.1. The number of benzene rings is 2. The second-order valence-corrected chi connectivity index (χ2v) is 7.67. The van der Waals surface area contributed by atoms with Crippen molar-refractivity contribution >= 4 is 45.8 Å². The molecule has 1 saturated heterocycles. The molecule has 0 aliphatic carbocycles. The molecule has 1 aliphatic heterocycles. The maximum absolute atomic E-state index is 12.6. The van der Waals surface area contributed by atoms with Crippen molar-refractivity contribution in [3.05, 3.63) is 64.2 Å². The van der Waals surface area contributed by atoms with Crippen molar-refractivity contribution in [2.24, 2.45) is 10.2 Å². The van der Waals surface area contributed by atoms with E-state index in [1.807, 2.05) is 12.1 Å². The molecular weight excluding hydrogens is 422 g/mol. The van der Waals surface area contributed by atoms with E-state index in [2.05, 4.69) is 20.8 Å². The Morgan fingerprint density at radius 3 is 2.71 bits per heavy atom. The molecule has 2 aromatic rings. The van der Waals surface area contributed by atoms with E-state index >= 15 is 0 Å². The summed E-state index contributed by atoms with van der Waals surface area (Å²) in [5, 5.41) is 23.7. The number of methoxy groups -OCH3 is 1. The third kappa shape index (κ3) is 5.89. The molecule has 0 aromatic heterocycles. The van der Waals surface area contributed by atoms with Crippen molar-refractivity contribution in [2.75, 3.05) is 12.4 Å². The van der Waals surface area contributed by atoms with E-state index in [1.54, 1.807) is 26.2 Å². The Kier molecular flexibility index (Phi) is 6.98. The zero-order chi connectivity index (χ0) is 22.4. The van der Waals surface area contributed by atoms with Crippen LogP contribution < -0.4 is 15.4 Å². The Hall–Kier alpha value is -3.73. The maximum atomic E-state index is 12.6. The number of thioether (sulfide) groups is 1. The number of hydrogen-bond acceptors (Lipinski definition) is 8. The van der Waals surface area contributed by atoms with Crippen LogP contribution in [0.25, 0.3) is 0 Å². The summed E-state index contributed by atoms with van der Waals surface area (Å²) in [4.78, 5) is 34.9. The SMILES string of the molecule is COc1ccc(/C(C)=N/N=C2\NC(=O)CC(C(=O)Nc3cccc([N+](=O)[O-])c3)S2)cc1. The molecule has 0 saturated carbocycles. The van der Waals surface area contributed by atoms with Crippen molar-refractivity contribution in [3.8, 4) is 5.75 Å². The van der Waals surface area contributed by atoms with Gasteiger partial charge in [-0.2, -0.15) is 5.10 Å². The Morgan fingerprint density at radius 2 is 2.03 bits per heavy atom. The second-order valence-electron chi connectivity index (χ2n) is 6.47. The summed E-state index contributed by atoms with van der Waals surface area (Å²) >= 11 is 1.06. The minimum absolute atomic E-state index is 0.0500. The zero-order valence-electron chi connectivity index (χ0n) is 16.7. The molecule has 0 bridgehead atoms. The third-order valence-corrected chi connectivity index (χ3v) is 5.36. The summed E-state index contributed by atoms with van der Waals surface area (Å²) in [5.41, 5.74) is 1.58. The van der Waals surface area contributed by atoms with Crippen LogP contribution in [0.2, 0.25) is 0 Å². The topological polar surface area (TPSA) is 135 Å². The highest BCUT2D eigenvalue weighted by molar-refractivity contribution is 8.15. The standard InChI is InChI=1S/C20H19N5O5S/c1-12(13-6-8-16(30-2)9-7-13)23-24-20-22-18(26)11-17(31-20)19(27)21-14-4-3-5-15(10-14)25(28)29/h3-10,17H,11H2,1-2H3,(H,21,27)(H,22,24,26)/b23-12+. The third-order valence-electron chi connectivity index (χ3n) is 4.29. The molecule has 1 fully saturated rings. The van der Waals surface area contributed by atoms with Crippen molar-refractivity contribution in [1.29, 1.82) is 0 Å². The number of amides is 2. The predicted octanol–water partition coefficient (Wildman–Crippen LogP) is 2.94. The van der Waals surface area contributed by atoms with Crippen molar-refractivity contribution in [3.63, 3.8) is 0 Å². The van der Waals surface area contributed by atoms with Crippen LogP contribution >= 0.6 is 11.8 Å². The summed E-state index contributed by atoms with van der Waals surface area (Å²) in [6.07, 6.45) is -0.0500. The zero-order valence-corrected chi connectivity index (χ0v) is 17.5. The minimum Gasteiger partial charge on any atom is -0.497 e. The van der Waals surface area contributed by atoms with Crippen LogP contribution in [0, 0.1) is 10.1 Å². The molecular formula is C20H19N5O5S. The van der Waals surface area contributed by atoms with Gasteiger partial charge < -0.3 is 15.4 Å². The van der Waals surface area contributed by atoms with E-state index in [9.17, 15) is 19.7 Å². The quantitative estimate of drug-likeness (QED) is 0.402. The number of non-ortho nitro benzene ring substituents is 1. The van der Waals surface area contributed by atoms with Crippen LogP contribution in [0.3, 0.4) is 0 Å². The molecule has 31 heavy (non-hydrogen) atoms. The molecule has 1 unspecified atom stereocenters. The molecule has 11 heteroatoms. The summed E-state index contributed by atoms with van der Waals surface area (Å²) in [7, 11) is 1.58. The fraction of sp³-hybridized carbons (Fsp3) is 0.200. The lowest BCUT2D eigenvalue weighted by molar-refractivity contribution is -0.384. The average molecular weight is 441 g/mol. The van der Waals surface area contributed by atoms with Crippen LogP contribution in [0.5, 0.6) is 5.75 Å².